The second-order valence-corrected chi connectivity index (χ2v) is 6.14. The van der Waals surface area contributed by atoms with E-state index in [0.717, 1.165) is 13.1 Å². The van der Waals surface area contributed by atoms with Crippen LogP contribution in [0, 0.1) is 5.82 Å². The molecule has 27 heavy (non-hydrogen) atoms. The van der Waals surface area contributed by atoms with Gasteiger partial charge in [0.15, 0.2) is 0 Å². The summed E-state index contributed by atoms with van der Waals surface area (Å²) < 4.78 is 13.3. The Bertz CT molecular complexity index is 584. The van der Waals surface area contributed by atoms with Crippen molar-refractivity contribution in [2.24, 2.45) is 0 Å². The molecule has 1 aromatic carbocycles. The number of carbonyl (C=O) groups excluding carboxylic acids is 1. The molecule has 1 fully saturated rings. The maximum atomic E-state index is 13.3. The fourth-order valence-corrected chi connectivity index (χ4v) is 2.91. The first-order chi connectivity index (χ1) is 12.8. The molecular weight excluding hydrogens is 357 g/mol. The first-order valence-corrected chi connectivity index (χ1v) is 8.45. The van der Waals surface area contributed by atoms with Gasteiger partial charge in [-0.2, -0.15) is 0 Å². The van der Waals surface area contributed by atoms with Gasteiger partial charge in [0.2, 0.25) is 5.91 Å². The van der Waals surface area contributed by atoms with Crippen LogP contribution < -0.4 is 10.6 Å². The summed E-state index contributed by atoms with van der Waals surface area (Å²) in [5, 5.41) is 19.8. The van der Waals surface area contributed by atoms with E-state index >= 15 is 0 Å². The lowest BCUT2D eigenvalue weighted by molar-refractivity contribution is -0.127. The minimum Gasteiger partial charge on any atom is -0.483 e. The van der Waals surface area contributed by atoms with Gasteiger partial charge in [-0.25, -0.2) is 4.39 Å². The number of anilines is 1. The maximum Gasteiger partial charge on any atom is 0.290 e. The third-order valence-corrected chi connectivity index (χ3v) is 4.25. The minimum absolute atomic E-state index is 0.0323. The summed E-state index contributed by atoms with van der Waals surface area (Å²) in [6.45, 7) is 5.53. The number of nitrogens with one attached hydrogen (secondary N) is 2. The van der Waals surface area contributed by atoms with E-state index in [1.807, 2.05) is 0 Å². The zero-order valence-corrected chi connectivity index (χ0v) is 15.8. The van der Waals surface area contributed by atoms with Crippen LogP contribution in [0.3, 0.4) is 0 Å². The molecule has 0 bridgehead atoms. The summed E-state index contributed by atoms with van der Waals surface area (Å²) in [4.78, 5) is 31.4. The number of carboxylic acid groups (broad SMARTS) is 2. The van der Waals surface area contributed by atoms with Gasteiger partial charge in [-0.1, -0.05) is 6.07 Å². The lowest BCUT2D eigenvalue weighted by atomic mass is 9.85. The molecule has 9 heteroatoms. The number of amides is 1. The summed E-state index contributed by atoms with van der Waals surface area (Å²) in [7, 11) is 1.64. The molecule has 1 amide bonds. The fraction of sp³-hybridized carbons (Fsp3) is 0.500. The number of likely N-dealkylation sites (tertiary alicyclic amines) is 1. The quantitative estimate of drug-likeness (QED) is 0.582. The number of likely N-dealkylation sites (N-methyl/N-ethyl adjacent to an activating group) is 1. The van der Waals surface area contributed by atoms with E-state index in [9.17, 15) is 9.18 Å². The number of rotatable bonds is 4. The molecule has 0 atom stereocenters. The highest BCUT2D eigenvalue weighted by Gasteiger charge is 2.41. The molecule has 2 rings (SSSR count). The fourth-order valence-electron chi connectivity index (χ4n) is 2.91. The number of nitrogens with zero attached hydrogens (tertiary/aromatic N) is 1. The van der Waals surface area contributed by atoms with Crippen LogP contribution >= 0.6 is 0 Å². The molecule has 0 unspecified atom stereocenters. The standard InChI is InChI=1S/C16H24FN3O.2CH2O2/c1-12(2)20-9-7-16(8-10-20,15(21)18-3)19-14-6-4-5-13(17)11-14;2*2-1-3/h4-6,11-12,19H,7-10H2,1-3H3,(H,18,21);2*1H,(H,2,3). The van der Waals surface area contributed by atoms with Gasteiger partial charge in [0.25, 0.3) is 12.9 Å². The van der Waals surface area contributed by atoms with Gasteiger partial charge in [-0.3, -0.25) is 14.4 Å². The van der Waals surface area contributed by atoms with E-state index in [2.05, 4.69) is 29.4 Å². The molecule has 0 spiro atoms. The van der Waals surface area contributed by atoms with Crippen molar-refractivity contribution in [3.8, 4) is 0 Å². The predicted molar refractivity (Wildman–Crippen MR) is 100 cm³/mol. The van der Waals surface area contributed by atoms with Gasteiger partial charge in [0.05, 0.1) is 0 Å². The van der Waals surface area contributed by atoms with Gasteiger partial charge in [-0.05, 0) is 44.9 Å². The first-order valence-electron chi connectivity index (χ1n) is 8.45. The lowest BCUT2D eigenvalue weighted by Crippen LogP contribution is -2.58. The smallest absolute Gasteiger partial charge is 0.290 e. The van der Waals surface area contributed by atoms with Crippen molar-refractivity contribution in [2.75, 3.05) is 25.5 Å². The molecular formula is C18H28FN3O5. The Kier molecular flexibility index (Phi) is 11.4. The van der Waals surface area contributed by atoms with Gasteiger partial charge in [-0.15, -0.1) is 0 Å². The zero-order valence-electron chi connectivity index (χ0n) is 15.8. The molecule has 1 aliphatic rings. The molecule has 1 aromatic rings. The van der Waals surface area contributed by atoms with Gasteiger partial charge in [0.1, 0.15) is 11.4 Å². The number of hydrogen-bond donors (Lipinski definition) is 4. The highest BCUT2D eigenvalue weighted by Crippen LogP contribution is 2.28. The van der Waals surface area contributed by atoms with Crippen LogP contribution in [0.15, 0.2) is 24.3 Å². The maximum absolute atomic E-state index is 13.3. The van der Waals surface area contributed by atoms with E-state index in [0.29, 0.717) is 24.6 Å². The van der Waals surface area contributed by atoms with Crippen LogP contribution in [0.1, 0.15) is 26.7 Å². The van der Waals surface area contributed by atoms with Crippen molar-refractivity contribution in [2.45, 2.75) is 38.3 Å². The predicted octanol–water partition coefficient (Wildman–Crippen LogP) is 1.63. The Hall–Kier alpha value is -2.68. The van der Waals surface area contributed by atoms with Crippen LogP contribution in [-0.4, -0.2) is 65.7 Å². The number of carbonyl (C=O) groups is 3. The number of piperidine rings is 1. The molecule has 152 valence electrons. The summed E-state index contributed by atoms with van der Waals surface area (Å²) >= 11 is 0. The summed E-state index contributed by atoms with van der Waals surface area (Å²) in [6, 6.07) is 6.75. The summed E-state index contributed by atoms with van der Waals surface area (Å²) in [5.74, 6) is -0.332. The monoisotopic (exact) mass is 385 g/mol. The van der Waals surface area contributed by atoms with E-state index in [-0.39, 0.29) is 24.7 Å². The second-order valence-electron chi connectivity index (χ2n) is 6.14. The largest absolute Gasteiger partial charge is 0.483 e. The number of halogens is 1. The molecule has 1 aliphatic heterocycles. The summed E-state index contributed by atoms with van der Waals surface area (Å²) in [6.07, 6.45) is 1.42. The molecule has 0 aromatic heterocycles. The Balaban J connectivity index is 0.000000997. The van der Waals surface area contributed by atoms with Gasteiger partial charge >= 0.3 is 0 Å². The highest BCUT2D eigenvalue weighted by molar-refractivity contribution is 5.89. The van der Waals surface area contributed by atoms with Crippen LogP contribution in [0.4, 0.5) is 10.1 Å². The Morgan fingerprint density at radius 2 is 1.74 bits per heavy atom. The van der Waals surface area contributed by atoms with Crippen molar-refractivity contribution in [1.29, 1.82) is 0 Å². The molecule has 0 saturated carbocycles. The SMILES string of the molecule is CNC(=O)C1(Nc2cccc(F)c2)CCN(C(C)C)CC1.O=CO.O=CO. The Morgan fingerprint density at radius 3 is 2.15 bits per heavy atom. The first kappa shape index (κ1) is 24.3. The van der Waals surface area contributed by atoms with Crippen molar-refractivity contribution < 1.29 is 29.0 Å². The van der Waals surface area contributed by atoms with E-state index in [1.54, 1.807) is 19.2 Å². The molecule has 8 nitrogen and oxygen atoms in total. The van der Waals surface area contributed by atoms with Crippen molar-refractivity contribution in [3.05, 3.63) is 30.1 Å². The minimum atomic E-state index is -0.659. The zero-order chi connectivity index (χ0) is 20.9. The highest BCUT2D eigenvalue weighted by atomic mass is 19.1. The van der Waals surface area contributed by atoms with E-state index in [1.165, 1.54) is 12.1 Å². The van der Waals surface area contributed by atoms with E-state index in [4.69, 9.17) is 19.8 Å². The average molecular weight is 385 g/mol. The molecule has 4 N–H and O–H groups in total. The topological polar surface area (TPSA) is 119 Å². The average Bonchev–Trinajstić information content (AvgIpc) is 2.62. The van der Waals surface area contributed by atoms with Gasteiger partial charge < -0.3 is 25.7 Å². The van der Waals surface area contributed by atoms with Crippen molar-refractivity contribution in [1.82, 2.24) is 10.2 Å². The molecule has 1 heterocycles. The molecule has 1 saturated heterocycles. The van der Waals surface area contributed by atoms with Crippen molar-refractivity contribution >= 4 is 24.5 Å². The van der Waals surface area contributed by atoms with Crippen LogP contribution in [0.5, 0.6) is 0 Å². The van der Waals surface area contributed by atoms with Gasteiger partial charge in [0, 0.05) is 31.9 Å². The third-order valence-electron chi connectivity index (χ3n) is 4.25. The lowest BCUT2D eigenvalue weighted by Gasteiger charge is -2.42. The number of benzene rings is 1. The Labute approximate surface area is 158 Å². The third kappa shape index (κ3) is 8.04. The number of hydrogen-bond acceptors (Lipinski definition) is 5. The Morgan fingerprint density at radius 1 is 1.22 bits per heavy atom. The van der Waals surface area contributed by atoms with Crippen molar-refractivity contribution in [3.63, 3.8) is 0 Å². The molecule has 0 aliphatic carbocycles. The normalized spacial score (nSPS) is 15.3. The second kappa shape index (κ2) is 12.6. The van der Waals surface area contributed by atoms with Crippen LogP contribution in [0.25, 0.3) is 0 Å². The van der Waals surface area contributed by atoms with Crippen LogP contribution in [-0.2, 0) is 14.4 Å². The molecule has 0 radical (unpaired) electrons. The summed E-state index contributed by atoms with van der Waals surface area (Å²) in [5.41, 5.74) is -0.00917. The van der Waals surface area contributed by atoms with E-state index < -0.39 is 5.54 Å². The van der Waals surface area contributed by atoms with Crippen LogP contribution in [0.2, 0.25) is 0 Å².